The molecule has 0 bridgehead atoms. The molecule has 0 saturated heterocycles. The normalized spacial score (nSPS) is 11.6. The van der Waals surface area contributed by atoms with Gasteiger partial charge in [0.15, 0.2) is 8.32 Å². The summed E-state index contributed by atoms with van der Waals surface area (Å²) in [4.78, 5) is 0. The minimum atomic E-state index is -1.13. The lowest BCUT2D eigenvalue weighted by Crippen LogP contribution is -2.22. The molecule has 0 aromatic heterocycles. The molecule has 0 fully saturated rings. The van der Waals surface area contributed by atoms with Gasteiger partial charge < -0.3 is 4.43 Å². The van der Waals surface area contributed by atoms with Crippen LogP contribution in [0.4, 0.5) is 0 Å². The van der Waals surface area contributed by atoms with Gasteiger partial charge in [0.1, 0.15) is 0 Å². The third-order valence-electron chi connectivity index (χ3n) is 3.43. The summed E-state index contributed by atoms with van der Waals surface area (Å²) in [5, 5.41) is 8.08. The van der Waals surface area contributed by atoms with Gasteiger partial charge in [-0.2, -0.15) is 5.26 Å². The van der Waals surface area contributed by atoms with Crippen LogP contribution in [0, 0.1) is 17.2 Å². The van der Waals surface area contributed by atoms with E-state index in [-0.39, 0.29) is 20.8 Å². The summed E-state index contributed by atoms with van der Waals surface area (Å²) in [6, 6.07) is 12.8. The van der Waals surface area contributed by atoms with Crippen molar-refractivity contribution in [3.05, 3.63) is 35.9 Å². The van der Waals surface area contributed by atoms with E-state index in [9.17, 15) is 0 Å². The van der Waals surface area contributed by atoms with Crippen LogP contribution in [0.1, 0.15) is 66.9 Å². The lowest BCUT2D eigenvalue weighted by molar-refractivity contribution is 0.411. The van der Waals surface area contributed by atoms with Crippen molar-refractivity contribution in [3.63, 3.8) is 0 Å². The number of hydrogen-bond acceptors (Lipinski definition) is 2. The fraction of sp³-hybridized carbons (Fsp3) is 0.667. The molecule has 1 aromatic carbocycles. The molecular formula is C21H43NOSi. The summed E-state index contributed by atoms with van der Waals surface area (Å²) >= 11 is 0. The molecule has 2 unspecified atom stereocenters. The second-order valence-corrected chi connectivity index (χ2v) is 11.1. The summed E-state index contributed by atoms with van der Waals surface area (Å²) in [6.45, 7) is 14.9. The standard InChI is InChI=1S/C10H14.C5H9N.C4H12OSi.2CH4/c1-3-9(2)10-7-5-4-6-8-10;1-3-5(2)4-6;1-5-6(2,3)4;;/h4-9H,3H2,1-2H3;5H,3H2,1-2H3;1-4H3;2*1H4. The smallest absolute Gasteiger partial charge is 0.183 e. The van der Waals surface area contributed by atoms with Gasteiger partial charge in [-0.3, -0.25) is 0 Å². The van der Waals surface area contributed by atoms with Crippen molar-refractivity contribution >= 4 is 8.32 Å². The first kappa shape index (κ1) is 30.7. The third kappa shape index (κ3) is 20.9. The zero-order valence-electron chi connectivity index (χ0n) is 15.8. The minimum Gasteiger partial charge on any atom is -0.421 e. The molecule has 3 heteroatoms. The number of benzene rings is 1. The lowest BCUT2D eigenvalue weighted by Gasteiger charge is -2.10. The molecule has 0 aliphatic rings. The summed E-state index contributed by atoms with van der Waals surface area (Å²) in [5.41, 5.74) is 1.45. The first-order valence-electron chi connectivity index (χ1n) is 8.21. The Hall–Kier alpha value is -1.11. The van der Waals surface area contributed by atoms with Gasteiger partial charge in [-0.25, -0.2) is 0 Å². The monoisotopic (exact) mass is 353 g/mol. The van der Waals surface area contributed by atoms with E-state index in [0.717, 1.165) is 6.42 Å². The topological polar surface area (TPSA) is 33.0 Å². The summed E-state index contributed by atoms with van der Waals surface area (Å²) < 4.78 is 5.08. The number of nitrogens with zero attached hydrogens (tertiary/aromatic N) is 1. The fourth-order valence-corrected chi connectivity index (χ4v) is 1.11. The fourth-order valence-electron chi connectivity index (χ4n) is 1.11. The first-order chi connectivity index (χ1) is 10.2. The van der Waals surface area contributed by atoms with Crippen molar-refractivity contribution in [2.75, 3.05) is 7.11 Å². The van der Waals surface area contributed by atoms with Crippen LogP contribution in [-0.2, 0) is 4.43 Å². The minimum absolute atomic E-state index is 0. The van der Waals surface area contributed by atoms with E-state index in [0.29, 0.717) is 5.92 Å². The van der Waals surface area contributed by atoms with Gasteiger partial charge in [-0.15, -0.1) is 0 Å². The van der Waals surface area contributed by atoms with Crippen LogP contribution in [0.5, 0.6) is 0 Å². The molecule has 0 aliphatic heterocycles. The highest BCUT2D eigenvalue weighted by Crippen LogP contribution is 2.16. The predicted octanol–water partition coefficient (Wildman–Crippen LogP) is 7.50. The average Bonchev–Trinajstić information content (AvgIpc) is 2.54. The third-order valence-corrected chi connectivity index (χ3v) is 4.65. The molecule has 0 radical (unpaired) electrons. The Morgan fingerprint density at radius 1 is 1.00 bits per heavy atom. The summed E-state index contributed by atoms with van der Waals surface area (Å²) in [5.74, 6) is 0.950. The average molecular weight is 354 g/mol. The van der Waals surface area contributed by atoms with Gasteiger partial charge in [-0.05, 0) is 50.9 Å². The summed E-state index contributed by atoms with van der Waals surface area (Å²) in [7, 11) is 0.639. The molecule has 0 aliphatic carbocycles. The molecule has 0 saturated carbocycles. The van der Waals surface area contributed by atoms with E-state index in [4.69, 9.17) is 9.69 Å². The Balaban J connectivity index is -0.000000127. The van der Waals surface area contributed by atoms with E-state index < -0.39 is 8.32 Å². The van der Waals surface area contributed by atoms with Gasteiger partial charge in [0.2, 0.25) is 0 Å². The van der Waals surface area contributed by atoms with E-state index in [1.54, 1.807) is 7.11 Å². The summed E-state index contributed by atoms with van der Waals surface area (Å²) in [6.07, 6.45) is 2.19. The largest absolute Gasteiger partial charge is 0.421 e. The maximum atomic E-state index is 8.08. The van der Waals surface area contributed by atoms with Crippen LogP contribution in [0.25, 0.3) is 0 Å². The zero-order valence-corrected chi connectivity index (χ0v) is 16.8. The Kier molecular flexibility index (Phi) is 23.3. The molecule has 0 amide bonds. The van der Waals surface area contributed by atoms with Crippen molar-refractivity contribution < 1.29 is 4.43 Å². The highest BCUT2D eigenvalue weighted by Gasteiger charge is 2.09. The molecule has 0 N–H and O–H groups in total. The Bertz CT molecular complexity index is 393. The molecule has 24 heavy (non-hydrogen) atoms. The SMILES string of the molecule is C.C.CCC(C)C#N.CCC(C)c1ccccc1.CO[Si](C)(C)C. The van der Waals surface area contributed by atoms with Gasteiger partial charge in [0, 0.05) is 13.0 Å². The van der Waals surface area contributed by atoms with Crippen LogP contribution in [0.2, 0.25) is 19.6 Å². The molecular weight excluding hydrogens is 310 g/mol. The zero-order chi connectivity index (χ0) is 17.6. The second-order valence-electron chi connectivity index (χ2n) is 6.47. The van der Waals surface area contributed by atoms with Crippen molar-refractivity contribution in [2.24, 2.45) is 5.92 Å². The molecule has 2 atom stereocenters. The molecule has 142 valence electrons. The number of rotatable bonds is 4. The van der Waals surface area contributed by atoms with Crippen LogP contribution < -0.4 is 0 Å². The van der Waals surface area contributed by atoms with Crippen molar-refractivity contribution in [1.82, 2.24) is 0 Å². The maximum absolute atomic E-state index is 8.08. The molecule has 1 rings (SSSR count). The maximum Gasteiger partial charge on any atom is 0.183 e. The Labute approximate surface area is 154 Å². The van der Waals surface area contributed by atoms with E-state index in [1.807, 2.05) is 13.8 Å². The lowest BCUT2D eigenvalue weighted by atomic mass is 9.99. The van der Waals surface area contributed by atoms with E-state index >= 15 is 0 Å². The molecule has 0 spiro atoms. The van der Waals surface area contributed by atoms with Crippen LogP contribution in [0.15, 0.2) is 30.3 Å². The quantitative estimate of drug-likeness (QED) is 0.525. The number of nitriles is 1. The van der Waals surface area contributed by atoms with Gasteiger partial charge in [0.25, 0.3) is 0 Å². The second kappa shape index (κ2) is 18.2. The van der Waals surface area contributed by atoms with Gasteiger partial charge in [-0.1, -0.05) is 66.0 Å². The van der Waals surface area contributed by atoms with E-state index in [2.05, 4.69) is 69.9 Å². The van der Waals surface area contributed by atoms with Crippen molar-refractivity contribution in [2.45, 2.75) is 80.9 Å². The highest BCUT2D eigenvalue weighted by molar-refractivity contribution is 6.69. The first-order valence-corrected chi connectivity index (χ1v) is 11.6. The molecule has 1 aromatic rings. The molecule has 0 heterocycles. The van der Waals surface area contributed by atoms with Gasteiger partial charge in [0.05, 0.1) is 6.07 Å². The van der Waals surface area contributed by atoms with Crippen molar-refractivity contribution in [1.29, 1.82) is 5.26 Å². The van der Waals surface area contributed by atoms with E-state index in [1.165, 1.54) is 12.0 Å². The molecule has 2 nitrogen and oxygen atoms in total. The number of hydrogen-bond donors (Lipinski definition) is 0. The van der Waals surface area contributed by atoms with Crippen LogP contribution in [0.3, 0.4) is 0 Å². The van der Waals surface area contributed by atoms with Crippen LogP contribution >= 0.6 is 0 Å². The van der Waals surface area contributed by atoms with Gasteiger partial charge >= 0.3 is 0 Å². The Morgan fingerprint density at radius 3 is 1.62 bits per heavy atom. The highest BCUT2D eigenvalue weighted by atomic mass is 28.4. The Morgan fingerprint density at radius 2 is 1.42 bits per heavy atom. The van der Waals surface area contributed by atoms with Crippen LogP contribution in [-0.4, -0.2) is 15.4 Å². The van der Waals surface area contributed by atoms with Crippen molar-refractivity contribution in [3.8, 4) is 6.07 Å². The predicted molar refractivity (Wildman–Crippen MR) is 114 cm³/mol.